The van der Waals surface area contributed by atoms with Crippen molar-refractivity contribution in [1.29, 1.82) is 0 Å². The van der Waals surface area contributed by atoms with Crippen molar-refractivity contribution in [3.8, 4) is 11.5 Å². The highest BCUT2D eigenvalue weighted by Gasteiger charge is 2.27. The van der Waals surface area contributed by atoms with Crippen LogP contribution in [0.15, 0.2) is 42.5 Å². The number of benzene rings is 2. The van der Waals surface area contributed by atoms with Crippen LogP contribution in [0, 0.1) is 0 Å². The highest BCUT2D eigenvalue weighted by Crippen LogP contribution is 2.31. The van der Waals surface area contributed by atoms with Crippen LogP contribution in [0.3, 0.4) is 0 Å². The molecule has 0 unspecified atom stereocenters. The molecule has 1 aromatic heterocycles. The van der Waals surface area contributed by atoms with Gasteiger partial charge in [-0.05, 0) is 49.6 Å². The first kappa shape index (κ1) is 20.3. The molecule has 0 saturated carbocycles. The number of hydrogen-bond donors (Lipinski definition) is 1. The van der Waals surface area contributed by atoms with Crippen LogP contribution in [-0.2, 0) is 0 Å². The molecular weight excluding hydrogens is 378 g/mol. The van der Waals surface area contributed by atoms with E-state index in [1.54, 1.807) is 13.2 Å². The number of amides is 1. The van der Waals surface area contributed by atoms with Gasteiger partial charge in [-0.15, -0.1) is 0 Å². The number of carbonyl (C=O) groups is 1. The fraction of sp³-hybridized carbons (Fsp3) is 0.417. The summed E-state index contributed by atoms with van der Waals surface area (Å²) in [6.07, 6.45) is 3.87. The second-order valence-corrected chi connectivity index (χ2v) is 7.77. The lowest BCUT2D eigenvalue weighted by molar-refractivity contribution is 0.0711. The average molecular weight is 408 g/mol. The number of H-pyrrole nitrogens is 1. The molecule has 6 nitrogen and oxygen atoms in total. The van der Waals surface area contributed by atoms with Crippen molar-refractivity contribution in [3.63, 3.8) is 0 Å². The molecule has 0 spiro atoms. The lowest BCUT2D eigenvalue weighted by Crippen LogP contribution is -2.38. The minimum Gasteiger partial charge on any atom is -0.493 e. The minimum atomic E-state index is 0.0384. The molecule has 3 aromatic rings. The Morgan fingerprint density at radius 1 is 1.17 bits per heavy atom. The van der Waals surface area contributed by atoms with Gasteiger partial charge in [-0.2, -0.15) is 0 Å². The normalized spacial score (nSPS) is 14.8. The number of methoxy groups -OCH3 is 1. The van der Waals surface area contributed by atoms with Crippen molar-refractivity contribution in [1.82, 2.24) is 14.9 Å². The van der Waals surface area contributed by atoms with Gasteiger partial charge in [-0.3, -0.25) is 4.79 Å². The second-order valence-electron chi connectivity index (χ2n) is 7.77. The predicted molar refractivity (Wildman–Crippen MR) is 117 cm³/mol. The van der Waals surface area contributed by atoms with E-state index < -0.39 is 0 Å². The van der Waals surface area contributed by atoms with Crippen molar-refractivity contribution in [2.75, 3.05) is 26.8 Å². The number of ether oxygens (including phenoxy) is 2. The molecule has 158 valence electrons. The molecule has 1 amide bonds. The standard InChI is InChI=1S/C24H29N3O3/c1-3-4-15-30-21-10-9-18(16-22(21)29-2)24(28)27-13-11-17(12-14-27)23-25-19-7-5-6-8-20(19)26-23/h5-10,16-17H,3-4,11-15H2,1-2H3,(H,25,26). The molecule has 1 aliphatic heterocycles. The third-order valence-corrected chi connectivity index (χ3v) is 5.74. The summed E-state index contributed by atoms with van der Waals surface area (Å²) in [5.41, 5.74) is 2.70. The number of aromatic amines is 1. The largest absolute Gasteiger partial charge is 0.493 e. The zero-order chi connectivity index (χ0) is 20.9. The maximum atomic E-state index is 13.0. The maximum absolute atomic E-state index is 13.0. The predicted octanol–water partition coefficient (Wildman–Crippen LogP) is 4.77. The molecule has 30 heavy (non-hydrogen) atoms. The summed E-state index contributed by atoms with van der Waals surface area (Å²) in [4.78, 5) is 23.1. The monoisotopic (exact) mass is 407 g/mol. The summed E-state index contributed by atoms with van der Waals surface area (Å²) in [5, 5.41) is 0. The molecule has 0 radical (unpaired) electrons. The first-order valence-electron chi connectivity index (χ1n) is 10.7. The summed E-state index contributed by atoms with van der Waals surface area (Å²) in [6, 6.07) is 13.5. The quantitative estimate of drug-likeness (QED) is 0.573. The van der Waals surface area contributed by atoms with E-state index in [9.17, 15) is 4.79 Å². The topological polar surface area (TPSA) is 67.5 Å². The van der Waals surface area contributed by atoms with Gasteiger partial charge in [0.25, 0.3) is 5.91 Å². The number of hydrogen-bond acceptors (Lipinski definition) is 4. The van der Waals surface area contributed by atoms with Crippen LogP contribution in [0.25, 0.3) is 11.0 Å². The zero-order valence-corrected chi connectivity index (χ0v) is 17.7. The van der Waals surface area contributed by atoms with Gasteiger partial charge in [0.2, 0.25) is 0 Å². The van der Waals surface area contributed by atoms with Gasteiger partial charge < -0.3 is 19.4 Å². The van der Waals surface area contributed by atoms with Crippen LogP contribution in [-0.4, -0.2) is 47.6 Å². The lowest BCUT2D eigenvalue weighted by Gasteiger charge is -2.31. The average Bonchev–Trinajstić information content (AvgIpc) is 3.23. The second kappa shape index (κ2) is 9.20. The molecule has 0 bridgehead atoms. The number of likely N-dealkylation sites (tertiary alicyclic amines) is 1. The van der Waals surface area contributed by atoms with Gasteiger partial charge in [0.1, 0.15) is 5.82 Å². The van der Waals surface area contributed by atoms with Gasteiger partial charge >= 0.3 is 0 Å². The van der Waals surface area contributed by atoms with E-state index in [0.29, 0.717) is 29.6 Å². The number of nitrogens with zero attached hydrogens (tertiary/aromatic N) is 2. The fourth-order valence-corrected chi connectivity index (χ4v) is 3.95. The summed E-state index contributed by atoms with van der Waals surface area (Å²) < 4.78 is 11.2. The highest BCUT2D eigenvalue weighted by molar-refractivity contribution is 5.95. The lowest BCUT2D eigenvalue weighted by atomic mass is 9.95. The SMILES string of the molecule is CCCCOc1ccc(C(=O)N2CCC(c3nc4ccccc4[nH]3)CC2)cc1OC. The third kappa shape index (κ3) is 4.27. The summed E-state index contributed by atoms with van der Waals surface area (Å²) in [6.45, 7) is 4.21. The van der Waals surface area contributed by atoms with Crippen molar-refractivity contribution in [2.24, 2.45) is 0 Å². The van der Waals surface area contributed by atoms with Crippen molar-refractivity contribution >= 4 is 16.9 Å². The van der Waals surface area contributed by atoms with Gasteiger partial charge in [-0.25, -0.2) is 4.98 Å². The van der Waals surface area contributed by atoms with Gasteiger partial charge in [-0.1, -0.05) is 25.5 Å². The smallest absolute Gasteiger partial charge is 0.253 e. The van der Waals surface area contributed by atoms with Crippen LogP contribution in [0.4, 0.5) is 0 Å². The Kier molecular flexibility index (Phi) is 6.21. The number of unbranched alkanes of at least 4 members (excludes halogenated alkanes) is 1. The van der Waals surface area contributed by atoms with Crippen molar-refractivity contribution in [2.45, 2.75) is 38.5 Å². The molecule has 2 aromatic carbocycles. The van der Waals surface area contributed by atoms with Crippen molar-refractivity contribution in [3.05, 3.63) is 53.9 Å². The molecule has 1 aliphatic rings. The number of carbonyl (C=O) groups excluding carboxylic acids is 1. The number of fused-ring (bicyclic) bond motifs is 1. The highest BCUT2D eigenvalue weighted by atomic mass is 16.5. The van der Waals surface area contributed by atoms with E-state index in [1.807, 2.05) is 41.3 Å². The molecule has 1 N–H and O–H groups in total. The number of para-hydroxylation sites is 2. The summed E-state index contributed by atoms with van der Waals surface area (Å²) >= 11 is 0. The molecule has 1 fully saturated rings. The van der Waals surface area contributed by atoms with Crippen LogP contribution in [0.5, 0.6) is 11.5 Å². The zero-order valence-electron chi connectivity index (χ0n) is 17.7. The number of nitrogens with one attached hydrogen (secondary N) is 1. The van der Waals surface area contributed by atoms with Crippen LogP contribution < -0.4 is 9.47 Å². The number of imidazole rings is 1. The Morgan fingerprint density at radius 2 is 1.97 bits per heavy atom. The Hall–Kier alpha value is -3.02. The number of rotatable bonds is 7. The number of aromatic nitrogens is 2. The summed E-state index contributed by atoms with van der Waals surface area (Å²) in [5.74, 6) is 2.71. The van der Waals surface area contributed by atoms with Crippen LogP contribution in [0.2, 0.25) is 0 Å². The number of piperidine rings is 1. The van der Waals surface area contributed by atoms with E-state index in [-0.39, 0.29) is 5.91 Å². The van der Waals surface area contributed by atoms with Gasteiger partial charge in [0.15, 0.2) is 11.5 Å². The first-order valence-corrected chi connectivity index (χ1v) is 10.7. The Morgan fingerprint density at radius 3 is 2.70 bits per heavy atom. The molecule has 2 heterocycles. The molecule has 0 aliphatic carbocycles. The molecule has 1 saturated heterocycles. The van der Waals surface area contributed by atoms with E-state index in [1.165, 1.54) is 0 Å². The van der Waals surface area contributed by atoms with E-state index in [0.717, 1.165) is 55.6 Å². The summed E-state index contributed by atoms with van der Waals surface area (Å²) in [7, 11) is 1.61. The Labute approximate surface area is 177 Å². The van der Waals surface area contributed by atoms with E-state index >= 15 is 0 Å². The Balaban J connectivity index is 1.40. The van der Waals surface area contributed by atoms with E-state index in [2.05, 4.69) is 11.9 Å². The van der Waals surface area contributed by atoms with Crippen LogP contribution in [0.1, 0.15) is 54.7 Å². The van der Waals surface area contributed by atoms with Gasteiger partial charge in [0.05, 0.1) is 24.8 Å². The van der Waals surface area contributed by atoms with Crippen molar-refractivity contribution < 1.29 is 14.3 Å². The minimum absolute atomic E-state index is 0.0384. The fourth-order valence-electron chi connectivity index (χ4n) is 3.95. The third-order valence-electron chi connectivity index (χ3n) is 5.74. The van der Waals surface area contributed by atoms with Crippen LogP contribution >= 0.6 is 0 Å². The molecule has 4 rings (SSSR count). The Bertz CT molecular complexity index is 973. The van der Waals surface area contributed by atoms with E-state index in [4.69, 9.17) is 14.5 Å². The molecule has 0 atom stereocenters. The first-order chi connectivity index (χ1) is 14.7. The molecular formula is C24H29N3O3. The van der Waals surface area contributed by atoms with Gasteiger partial charge in [0, 0.05) is 24.6 Å². The maximum Gasteiger partial charge on any atom is 0.253 e. The molecule has 6 heteroatoms.